The monoisotopic (exact) mass is 308 g/mol. The lowest BCUT2D eigenvalue weighted by atomic mass is 9.90. The standard InChI is InChI=1S/C19H32O3/c1-16(12-17(2)13-18(3)20)8-7-11-21-15-22-14-19-9-5-4-6-10-19/h4-6,9-10,16-18,20H,7-8,11-15H2,1-3H3. The van der Waals surface area contributed by atoms with Gasteiger partial charge in [-0.25, -0.2) is 0 Å². The first kappa shape index (κ1) is 19.1. The van der Waals surface area contributed by atoms with Crippen molar-refractivity contribution in [1.29, 1.82) is 0 Å². The fourth-order valence-electron chi connectivity index (χ4n) is 2.87. The Balaban J connectivity index is 1.94. The molecule has 1 rings (SSSR count). The Morgan fingerprint density at radius 2 is 1.68 bits per heavy atom. The van der Waals surface area contributed by atoms with Crippen LogP contribution in [0, 0.1) is 11.8 Å². The normalized spacial score (nSPS) is 15.5. The van der Waals surface area contributed by atoms with Crippen molar-refractivity contribution in [2.45, 2.75) is 59.2 Å². The molecule has 0 heterocycles. The number of ether oxygens (including phenoxy) is 2. The van der Waals surface area contributed by atoms with Gasteiger partial charge in [0.05, 0.1) is 12.7 Å². The van der Waals surface area contributed by atoms with Gasteiger partial charge in [0.2, 0.25) is 0 Å². The average Bonchev–Trinajstić information content (AvgIpc) is 2.46. The van der Waals surface area contributed by atoms with Crippen LogP contribution in [-0.2, 0) is 16.1 Å². The van der Waals surface area contributed by atoms with Gasteiger partial charge in [-0.15, -0.1) is 0 Å². The third kappa shape index (κ3) is 9.93. The lowest BCUT2D eigenvalue weighted by Gasteiger charge is -2.18. The number of aliphatic hydroxyl groups is 1. The molecule has 3 unspecified atom stereocenters. The van der Waals surface area contributed by atoms with Gasteiger partial charge in [-0.2, -0.15) is 0 Å². The van der Waals surface area contributed by atoms with E-state index in [2.05, 4.69) is 26.0 Å². The van der Waals surface area contributed by atoms with Gasteiger partial charge in [-0.1, -0.05) is 44.2 Å². The number of benzene rings is 1. The molecule has 0 spiro atoms. The van der Waals surface area contributed by atoms with Gasteiger partial charge >= 0.3 is 0 Å². The minimum Gasteiger partial charge on any atom is -0.393 e. The highest BCUT2D eigenvalue weighted by atomic mass is 16.7. The summed E-state index contributed by atoms with van der Waals surface area (Å²) in [5, 5.41) is 9.38. The Bertz CT molecular complexity index is 364. The van der Waals surface area contributed by atoms with E-state index in [0.29, 0.717) is 25.2 Å². The minimum absolute atomic E-state index is 0.188. The predicted molar refractivity (Wildman–Crippen MR) is 90.5 cm³/mol. The second-order valence-electron chi connectivity index (χ2n) is 6.53. The van der Waals surface area contributed by atoms with E-state index in [1.807, 2.05) is 25.1 Å². The molecular formula is C19H32O3. The van der Waals surface area contributed by atoms with Crippen molar-refractivity contribution >= 4 is 0 Å². The van der Waals surface area contributed by atoms with Crippen LogP contribution in [0.25, 0.3) is 0 Å². The van der Waals surface area contributed by atoms with E-state index in [1.165, 1.54) is 18.4 Å². The van der Waals surface area contributed by atoms with Crippen LogP contribution in [0.3, 0.4) is 0 Å². The van der Waals surface area contributed by atoms with Crippen molar-refractivity contribution in [3.8, 4) is 0 Å². The highest BCUT2D eigenvalue weighted by molar-refractivity contribution is 5.13. The van der Waals surface area contributed by atoms with Crippen molar-refractivity contribution in [3.63, 3.8) is 0 Å². The first-order chi connectivity index (χ1) is 10.6. The summed E-state index contributed by atoms with van der Waals surface area (Å²) >= 11 is 0. The van der Waals surface area contributed by atoms with E-state index in [4.69, 9.17) is 9.47 Å². The van der Waals surface area contributed by atoms with Crippen molar-refractivity contribution in [3.05, 3.63) is 35.9 Å². The molecule has 1 aromatic rings. The molecule has 3 nitrogen and oxygen atoms in total. The Morgan fingerprint density at radius 1 is 0.955 bits per heavy atom. The van der Waals surface area contributed by atoms with Crippen molar-refractivity contribution in [2.75, 3.05) is 13.4 Å². The van der Waals surface area contributed by atoms with Gasteiger partial charge in [-0.3, -0.25) is 0 Å². The molecule has 0 aliphatic carbocycles. The molecule has 3 atom stereocenters. The summed E-state index contributed by atoms with van der Waals surface area (Å²) in [5.41, 5.74) is 1.17. The van der Waals surface area contributed by atoms with Gasteiger partial charge < -0.3 is 14.6 Å². The quantitative estimate of drug-likeness (QED) is 0.460. The predicted octanol–water partition coefficient (Wildman–Crippen LogP) is 4.39. The van der Waals surface area contributed by atoms with Crippen LogP contribution in [0.4, 0.5) is 0 Å². The second-order valence-corrected chi connectivity index (χ2v) is 6.53. The molecule has 1 N–H and O–H groups in total. The van der Waals surface area contributed by atoms with Gasteiger partial charge in [0, 0.05) is 6.61 Å². The van der Waals surface area contributed by atoms with Crippen molar-refractivity contribution < 1.29 is 14.6 Å². The number of aliphatic hydroxyl groups excluding tert-OH is 1. The van der Waals surface area contributed by atoms with Crippen molar-refractivity contribution in [2.24, 2.45) is 11.8 Å². The summed E-state index contributed by atoms with van der Waals surface area (Å²) in [6, 6.07) is 10.1. The Morgan fingerprint density at radius 3 is 2.36 bits per heavy atom. The van der Waals surface area contributed by atoms with Crippen LogP contribution >= 0.6 is 0 Å². The van der Waals surface area contributed by atoms with E-state index in [9.17, 15) is 5.11 Å². The zero-order valence-corrected chi connectivity index (χ0v) is 14.3. The van der Waals surface area contributed by atoms with Gasteiger partial charge in [-0.05, 0) is 50.0 Å². The summed E-state index contributed by atoms with van der Waals surface area (Å²) in [6.45, 7) is 8.09. The van der Waals surface area contributed by atoms with Crippen molar-refractivity contribution in [1.82, 2.24) is 0 Å². The summed E-state index contributed by atoms with van der Waals surface area (Å²) in [5.74, 6) is 1.27. The summed E-state index contributed by atoms with van der Waals surface area (Å²) < 4.78 is 11.0. The van der Waals surface area contributed by atoms with Gasteiger partial charge in [0.1, 0.15) is 6.79 Å². The molecule has 0 fully saturated rings. The van der Waals surface area contributed by atoms with Crippen LogP contribution in [0.5, 0.6) is 0 Å². The summed E-state index contributed by atoms with van der Waals surface area (Å²) in [7, 11) is 0. The zero-order chi connectivity index (χ0) is 16.2. The Kier molecular flexibility index (Phi) is 10.1. The fourth-order valence-corrected chi connectivity index (χ4v) is 2.87. The third-order valence-corrected chi connectivity index (χ3v) is 3.81. The molecular weight excluding hydrogens is 276 g/mol. The van der Waals surface area contributed by atoms with Crippen LogP contribution in [0.2, 0.25) is 0 Å². The fraction of sp³-hybridized carbons (Fsp3) is 0.684. The smallest absolute Gasteiger partial charge is 0.147 e. The maximum absolute atomic E-state index is 9.38. The maximum Gasteiger partial charge on any atom is 0.147 e. The highest BCUT2D eigenvalue weighted by Gasteiger charge is 2.10. The Hall–Kier alpha value is -0.900. The molecule has 0 aliphatic heterocycles. The molecule has 0 bridgehead atoms. The summed E-state index contributed by atoms with van der Waals surface area (Å²) in [6.07, 6.45) is 4.12. The second kappa shape index (κ2) is 11.6. The van der Waals surface area contributed by atoms with E-state index in [0.717, 1.165) is 19.4 Å². The number of hydrogen-bond acceptors (Lipinski definition) is 3. The van der Waals surface area contributed by atoms with E-state index in [-0.39, 0.29) is 6.10 Å². The Labute approximate surface area is 135 Å². The molecule has 1 aromatic carbocycles. The topological polar surface area (TPSA) is 38.7 Å². The maximum atomic E-state index is 9.38. The molecule has 0 saturated heterocycles. The molecule has 0 aromatic heterocycles. The number of rotatable bonds is 12. The SMILES string of the molecule is CC(O)CC(C)CC(C)CCCOCOCc1ccccc1. The van der Waals surface area contributed by atoms with Gasteiger partial charge in [0.15, 0.2) is 0 Å². The van der Waals surface area contributed by atoms with E-state index >= 15 is 0 Å². The van der Waals surface area contributed by atoms with Gasteiger partial charge in [0.25, 0.3) is 0 Å². The zero-order valence-electron chi connectivity index (χ0n) is 14.3. The average molecular weight is 308 g/mol. The van der Waals surface area contributed by atoms with Crippen LogP contribution in [-0.4, -0.2) is 24.6 Å². The highest BCUT2D eigenvalue weighted by Crippen LogP contribution is 2.20. The van der Waals surface area contributed by atoms with E-state index < -0.39 is 0 Å². The molecule has 3 heteroatoms. The first-order valence-electron chi connectivity index (χ1n) is 8.45. The van der Waals surface area contributed by atoms with Crippen LogP contribution in [0.1, 0.15) is 52.0 Å². The largest absolute Gasteiger partial charge is 0.393 e. The lowest BCUT2D eigenvalue weighted by Crippen LogP contribution is -2.11. The molecule has 126 valence electrons. The molecule has 0 amide bonds. The molecule has 0 saturated carbocycles. The summed E-state index contributed by atoms with van der Waals surface area (Å²) in [4.78, 5) is 0. The minimum atomic E-state index is -0.188. The first-order valence-corrected chi connectivity index (χ1v) is 8.45. The molecule has 0 radical (unpaired) electrons. The third-order valence-electron chi connectivity index (χ3n) is 3.81. The number of hydrogen-bond donors (Lipinski definition) is 1. The van der Waals surface area contributed by atoms with E-state index in [1.54, 1.807) is 0 Å². The van der Waals surface area contributed by atoms with Crippen LogP contribution < -0.4 is 0 Å². The lowest BCUT2D eigenvalue weighted by molar-refractivity contribution is -0.0628. The van der Waals surface area contributed by atoms with Crippen LogP contribution in [0.15, 0.2) is 30.3 Å². The molecule has 0 aliphatic rings. The molecule has 22 heavy (non-hydrogen) atoms.